The maximum Gasteiger partial charge on any atom is 0.237 e. The van der Waals surface area contributed by atoms with Crippen LogP contribution >= 0.6 is 0 Å². The van der Waals surface area contributed by atoms with Crippen molar-refractivity contribution in [1.29, 1.82) is 0 Å². The number of hydrogen-bond donors (Lipinski definition) is 2. The fourth-order valence-electron chi connectivity index (χ4n) is 2.37. The summed E-state index contributed by atoms with van der Waals surface area (Å²) in [4.78, 5) is 14.3. The van der Waals surface area contributed by atoms with Crippen molar-refractivity contribution in [3.63, 3.8) is 0 Å². The van der Waals surface area contributed by atoms with Crippen LogP contribution in [-0.2, 0) is 4.79 Å². The van der Waals surface area contributed by atoms with Gasteiger partial charge in [0, 0.05) is 13.1 Å². The first-order valence-corrected chi connectivity index (χ1v) is 7.02. The molecule has 1 fully saturated rings. The molecule has 1 aliphatic heterocycles. The van der Waals surface area contributed by atoms with Gasteiger partial charge >= 0.3 is 0 Å². The molecule has 1 rings (SSSR count). The minimum atomic E-state index is 0.126. The Kier molecular flexibility index (Phi) is 7.21. The van der Waals surface area contributed by atoms with Crippen molar-refractivity contribution in [2.24, 2.45) is 0 Å². The van der Waals surface area contributed by atoms with Gasteiger partial charge in [-0.15, -0.1) is 0 Å². The van der Waals surface area contributed by atoms with Gasteiger partial charge in [0.1, 0.15) is 0 Å². The van der Waals surface area contributed by atoms with E-state index in [4.69, 9.17) is 0 Å². The number of nitrogens with one attached hydrogen (secondary N) is 2. The van der Waals surface area contributed by atoms with Crippen LogP contribution in [0.4, 0.5) is 0 Å². The largest absolute Gasteiger partial charge is 0.353 e. The molecular formula is C13H27N3O. The normalized spacial score (nSPS) is 20.7. The van der Waals surface area contributed by atoms with E-state index >= 15 is 0 Å². The van der Waals surface area contributed by atoms with Crippen LogP contribution in [0.3, 0.4) is 0 Å². The molecule has 4 nitrogen and oxygen atoms in total. The molecule has 1 atom stereocenters. The Morgan fingerprint density at radius 3 is 2.76 bits per heavy atom. The number of rotatable bonds is 8. The van der Waals surface area contributed by atoms with Gasteiger partial charge in [-0.05, 0) is 45.3 Å². The van der Waals surface area contributed by atoms with Crippen LogP contribution in [0.15, 0.2) is 0 Å². The van der Waals surface area contributed by atoms with Gasteiger partial charge in [0.25, 0.3) is 0 Å². The molecule has 17 heavy (non-hydrogen) atoms. The standard InChI is InChI=1S/C13H27N3O/c1-3-7-14-8-9-15-13(17)12-6-5-11-16(12)10-4-2/h12,14H,3-11H2,1-2H3,(H,15,17). The summed E-state index contributed by atoms with van der Waals surface area (Å²) in [7, 11) is 0. The third-order valence-electron chi connectivity index (χ3n) is 3.20. The first-order chi connectivity index (χ1) is 8.29. The van der Waals surface area contributed by atoms with Crippen molar-refractivity contribution < 1.29 is 4.79 Å². The summed E-state index contributed by atoms with van der Waals surface area (Å²) in [6.07, 6.45) is 4.45. The Labute approximate surface area is 105 Å². The summed E-state index contributed by atoms with van der Waals surface area (Å²) in [5.41, 5.74) is 0. The summed E-state index contributed by atoms with van der Waals surface area (Å²) in [5.74, 6) is 0.217. The van der Waals surface area contributed by atoms with E-state index in [0.29, 0.717) is 0 Å². The number of carbonyl (C=O) groups is 1. The van der Waals surface area contributed by atoms with E-state index < -0.39 is 0 Å². The average molecular weight is 241 g/mol. The molecule has 2 N–H and O–H groups in total. The third kappa shape index (κ3) is 5.04. The van der Waals surface area contributed by atoms with E-state index in [0.717, 1.165) is 58.4 Å². The zero-order valence-corrected chi connectivity index (χ0v) is 11.3. The Morgan fingerprint density at radius 2 is 2.06 bits per heavy atom. The smallest absolute Gasteiger partial charge is 0.237 e. The highest BCUT2D eigenvalue weighted by atomic mass is 16.2. The summed E-state index contributed by atoms with van der Waals surface area (Å²) >= 11 is 0. The highest BCUT2D eigenvalue weighted by Gasteiger charge is 2.29. The van der Waals surface area contributed by atoms with Gasteiger partial charge in [0.2, 0.25) is 5.91 Å². The zero-order chi connectivity index (χ0) is 12.5. The van der Waals surface area contributed by atoms with Gasteiger partial charge in [0.05, 0.1) is 6.04 Å². The number of amides is 1. The second kappa shape index (κ2) is 8.48. The zero-order valence-electron chi connectivity index (χ0n) is 11.3. The van der Waals surface area contributed by atoms with E-state index in [9.17, 15) is 4.79 Å². The molecule has 0 aromatic rings. The van der Waals surface area contributed by atoms with Crippen LogP contribution in [0.25, 0.3) is 0 Å². The quantitative estimate of drug-likeness (QED) is 0.623. The van der Waals surface area contributed by atoms with Crippen molar-refractivity contribution in [2.75, 3.05) is 32.7 Å². The molecule has 100 valence electrons. The van der Waals surface area contributed by atoms with E-state index in [1.165, 1.54) is 0 Å². The molecule has 1 aliphatic rings. The SMILES string of the molecule is CCCNCCNC(=O)C1CCCN1CCC. The molecule has 4 heteroatoms. The van der Waals surface area contributed by atoms with Crippen molar-refractivity contribution in [2.45, 2.75) is 45.6 Å². The van der Waals surface area contributed by atoms with Crippen LogP contribution < -0.4 is 10.6 Å². The van der Waals surface area contributed by atoms with Gasteiger partial charge in [0.15, 0.2) is 0 Å². The average Bonchev–Trinajstić information content (AvgIpc) is 2.77. The molecule has 1 unspecified atom stereocenters. The lowest BCUT2D eigenvalue weighted by atomic mass is 10.2. The van der Waals surface area contributed by atoms with Crippen molar-refractivity contribution in [3.8, 4) is 0 Å². The predicted molar refractivity (Wildman–Crippen MR) is 71.1 cm³/mol. The van der Waals surface area contributed by atoms with Crippen LogP contribution in [-0.4, -0.2) is 49.6 Å². The van der Waals surface area contributed by atoms with Gasteiger partial charge in [-0.1, -0.05) is 13.8 Å². The lowest BCUT2D eigenvalue weighted by molar-refractivity contribution is -0.125. The van der Waals surface area contributed by atoms with Crippen molar-refractivity contribution >= 4 is 5.91 Å². The fourth-order valence-corrected chi connectivity index (χ4v) is 2.37. The van der Waals surface area contributed by atoms with Crippen LogP contribution in [0, 0.1) is 0 Å². The van der Waals surface area contributed by atoms with Crippen LogP contribution in [0.1, 0.15) is 39.5 Å². The molecular weight excluding hydrogens is 214 g/mol. The van der Waals surface area contributed by atoms with E-state index in [2.05, 4.69) is 29.4 Å². The van der Waals surface area contributed by atoms with E-state index in [1.807, 2.05) is 0 Å². The van der Waals surface area contributed by atoms with Crippen molar-refractivity contribution in [3.05, 3.63) is 0 Å². The van der Waals surface area contributed by atoms with Gasteiger partial charge < -0.3 is 10.6 Å². The second-order valence-electron chi connectivity index (χ2n) is 4.74. The number of hydrogen-bond acceptors (Lipinski definition) is 3. The predicted octanol–water partition coefficient (Wildman–Crippen LogP) is 0.977. The highest BCUT2D eigenvalue weighted by molar-refractivity contribution is 5.82. The first-order valence-electron chi connectivity index (χ1n) is 7.02. The van der Waals surface area contributed by atoms with Crippen molar-refractivity contribution in [1.82, 2.24) is 15.5 Å². The van der Waals surface area contributed by atoms with Gasteiger partial charge in [-0.2, -0.15) is 0 Å². The maximum absolute atomic E-state index is 12.0. The lowest BCUT2D eigenvalue weighted by Gasteiger charge is -2.22. The minimum Gasteiger partial charge on any atom is -0.353 e. The summed E-state index contributed by atoms with van der Waals surface area (Å²) < 4.78 is 0. The molecule has 1 heterocycles. The second-order valence-corrected chi connectivity index (χ2v) is 4.74. The maximum atomic E-state index is 12.0. The van der Waals surface area contributed by atoms with Crippen LogP contribution in [0.5, 0.6) is 0 Å². The Morgan fingerprint density at radius 1 is 1.24 bits per heavy atom. The number of carbonyl (C=O) groups excluding carboxylic acids is 1. The van der Waals surface area contributed by atoms with Gasteiger partial charge in [-0.3, -0.25) is 9.69 Å². The Balaban J connectivity index is 2.17. The molecule has 0 aromatic heterocycles. The molecule has 1 saturated heterocycles. The van der Waals surface area contributed by atoms with Crippen LogP contribution in [0.2, 0.25) is 0 Å². The Bertz CT molecular complexity index is 221. The highest BCUT2D eigenvalue weighted by Crippen LogP contribution is 2.17. The summed E-state index contributed by atoms with van der Waals surface area (Å²) in [6.45, 7) is 9.09. The molecule has 0 spiro atoms. The summed E-state index contributed by atoms with van der Waals surface area (Å²) in [6, 6.07) is 0.126. The van der Waals surface area contributed by atoms with Gasteiger partial charge in [-0.25, -0.2) is 0 Å². The third-order valence-corrected chi connectivity index (χ3v) is 3.20. The molecule has 0 aromatic carbocycles. The molecule has 0 aliphatic carbocycles. The molecule has 0 radical (unpaired) electrons. The number of nitrogens with zero attached hydrogens (tertiary/aromatic N) is 1. The molecule has 0 bridgehead atoms. The first kappa shape index (κ1) is 14.5. The van der Waals surface area contributed by atoms with E-state index in [-0.39, 0.29) is 11.9 Å². The number of likely N-dealkylation sites (tertiary alicyclic amines) is 1. The minimum absolute atomic E-state index is 0.126. The molecule has 1 amide bonds. The monoisotopic (exact) mass is 241 g/mol. The topological polar surface area (TPSA) is 44.4 Å². The summed E-state index contributed by atoms with van der Waals surface area (Å²) in [5, 5.41) is 6.32. The fraction of sp³-hybridized carbons (Fsp3) is 0.923. The molecule has 0 saturated carbocycles. The van der Waals surface area contributed by atoms with E-state index in [1.54, 1.807) is 0 Å². The lowest BCUT2D eigenvalue weighted by Crippen LogP contribution is -2.45. The Hall–Kier alpha value is -0.610.